The molecule has 3 nitrogen and oxygen atoms in total. The van der Waals surface area contributed by atoms with Crippen molar-refractivity contribution in [3.8, 4) is 0 Å². The van der Waals surface area contributed by atoms with Crippen molar-refractivity contribution in [1.29, 1.82) is 0 Å². The van der Waals surface area contributed by atoms with Crippen molar-refractivity contribution in [2.24, 2.45) is 5.92 Å². The molecule has 0 spiro atoms. The summed E-state index contributed by atoms with van der Waals surface area (Å²) in [4.78, 5) is 12.8. The van der Waals surface area contributed by atoms with E-state index in [-0.39, 0.29) is 18.8 Å². The number of aliphatic carboxylic acids is 1. The van der Waals surface area contributed by atoms with Crippen LogP contribution in [0.4, 0.5) is 0 Å². The van der Waals surface area contributed by atoms with Crippen molar-refractivity contribution in [1.82, 2.24) is 4.90 Å². The zero-order chi connectivity index (χ0) is 14.5. The lowest BCUT2D eigenvalue weighted by molar-refractivity contribution is -0.137. The maximum absolute atomic E-state index is 10.6. The van der Waals surface area contributed by atoms with E-state index in [0.717, 1.165) is 48.0 Å². The number of carboxylic acid groups (broad SMARTS) is 1. The molecule has 0 amide bonds. The number of carbonyl (C=O) groups is 1. The summed E-state index contributed by atoms with van der Waals surface area (Å²) >= 11 is 12.2. The highest BCUT2D eigenvalue weighted by Crippen LogP contribution is 2.27. The van der Waals surface area contributed by atoms with Gasteiger partial charge in [-0.15, -0.1) is 12.4 Å². The molecule has 1 aromatic rings. The van der Waals surface area contributed by atoms with Crippen LogP contribution < -0.4 is 0 Å². The van der Waals surface area contributed by atoms with Gasteiger partial charge in [0.2, 0.25) is 0 Å². The van der Waals surface area contributed by atoms with E-state index < -0.39 is 5.97 Å². The number of piperidine rings is 1. The summed E-state index contributed by atoms with van der Waals surface area (Å²) in [5.74, 6) is -0.120. The summed E-state index contributed by atoms with van der Waals surface area (Å²) < 4.78 is 0. The molecule has 0 aliphatic carbocycles. The van der Waals surface area contributed by atoms with Crippen LogP contribution >= 0.6 is 35.6 Å². The first-order valence-electron chi connectivity index (χ1n) is 6.92. The quantitative estimate of drug-likeness (QED) is 0.865. The molecule has 2 rings (SSSR count). The molecule has 0 bridgehead atoms. The molecule has 1 aliphatic rings. The van der Waals surface area contributed by atoms with E-state index in [1.54, 1.807) is 0 Å². The Kier molecular flexibility index (Phi) is 7.82. The molecule has 1 saturated heterocycles. The highest BCUT2D eigenvalue weighted by atomic mass is 35.5. The second-order valence-corrected chi connectivity index (χ2v) is 6.21. The van der Waals surface area contributed by atoms with Crippen LogP contribution in [-0.2, 0) is 11.2 Å². The van der Waals surface area contributed by atoms with Gasteiger partial charge in [-0.2, -0.15) is 0 Å². The number of carboxylic acids is 1. The highest BCUT2D eigenvalue weighted by molar-refractivity contribution is 6.33. The largest absolute Gasteiger partial charge is 0.481 e. The van der Waals surface area contributed by atoms with Crippen LogP contribution in [0.2, 0.25) is 10.0 Å². The van der Waals surface area contributed by atoms with Crippen molar-refractivity contribution >= 4 is 41.6 Å². The topological polar surface area (TPSA) is 40.5 Å². The average Bonchev–Trinajstić information content (AvgIpc) is 2.42. The zero-order valence-corrected chi connectivity index (χ0v) is 14.1. The predicted molar refractivity (Wildman–Crippen MR) is 88.8 cm³/mol. The van der Waals surface area contributed by atoms with E-state index in [4.69, 9.17) is 28.3 Å². The molecule has 0 aromatic heterocycles. The van der Waals surface area contributed by atoms with E-state index in [2.05, 4.69) is 4.90 Å². The molecule has 1 aromatic carbocycles. The fourth-order valence-corrected chi connectivity index (χ4v) is 3.07. The molecule has 1 heterocycles. The van der Waals surface area contributed by atoms with Gasteiger partial charge in [-0.3, -0.25) is 4.79 Å². The lowest BCUT2D eigenvalue weighted by atomic mass is 9.90. The molecule has 0 atom stereocenters. The van der Waals surface area contributed by atoms with Crippen molar-refractivity contribution in [3.05, 3.63) is 33.8 Å². The van der Waals surface area contributed by atoms with Crippen LogP contribution in [0, 0.1) is 5.92 Å². The third-order valence-corrected chi connectivity index (χ3v) is 4.47. The van der Waals surface area contributed by atoms with Crippen LogP contribution in [0.25, 0.3) is 0 Å². The highest BCUT2D eigenvalue weighted by Gasteiger charge is 2.20. The van der Waals surface area contributed by atoms with Crippen molar-refractivity contribution in [3.63, 3.8) is 0 Å². The van der Waals surface area contributed by atoms with Gasteiger partial charge >= 0.3 is 5.97 Å². The van der Waals surface area contributed by atoms with Gasteiger partial charge in [0.1, 0.15) is 0 Å². The minimum Gasteiger partial charge on any atom is -0.481 e. The van der Waals surface area contributed by atoms with E-state index in [0.29, 0.717) is 12.5 Å². The summed E-state index contributed by atoms with van der Waals surface area (Å²) in [5, 5.41) is 10.2. The zero-order valence-electron chi connectivity index (χ0n) is 11.7. The van der Waals surface area contributed by atoms with Gasteiger partial charge in [-0.25, -0.2) is 0 Å². The van der Waals surface area contributed by atoms with Crippen molar-refractivity contribution < 1.29 is 9.90 Å². The number of rotatable bonds is 5. The molecular formula is C15H20Cl3NO2. The van der Waals surface area contributed by atoms with E-state index in [1.165, 1.54) is 0 Å². The van der Waals surface area contributed by atoms with E-state index in [1.807, 2.05) is 18.2 Å². The van der Waals surface area contributed by atoms with Crippen LogP contribution in [0.3, 0.4) is 0 Å². The number of halogens is 3. The molecule has 0 radical (unpaired) electrons. The number of benzene rings is 1. The Morgan fingerprint density at radius 1 is 1.29 bits per heavy atom. The SMILES string of the molecule is Cl.O=C(O)CCN1CCC(Cc2cc(Cl)ccc2Cl)CC1. The van der Waals surface area contributed by atoms with Crippen LogP contribution in [0.15, 0.2) is 18.2 Å². The standard InChI is InChI=1S/C15H19Cl2NO2.ClH/c16-13-1-2-14(17)12(10-13)9-11-3-6-18(7-4-11)8-5-15(19)20;/h1-2,10-11H,3-9H2,(H,19,20);1H. The fourth-order valence-electron chi connectivity index (χ4n) is 2.68. The second-order valence-electron chi connectivity index (χ2n) is 5.37. The Morgan fingerprint density at radius 2 is 1.95 bits per heavy atom. The lowest BCUT2D eigenvalue weighted by Gasteiger charge is -2.31. The molecule has 21 heavy (non-hydrogen) atoms. The van der Waals surface area contributed by atoms with Crippen LogP contribution in [0.1, 0.15) is 24.8 Å². The second kappa shape index (κ2) is 8.84. The minimum atomic E-state index is -0.724. The lowest BCUT2D eigenvalue weighted by Crippen LogP contribution is -2.35. The Balaban J connectivity index is 0.00000220. The molecular weight excluding hydrogens is 333 g/mol. The molecule has 1 N–H and O–H groups in total. The summed E-state index contributed by atoms with van der Waals surface area (Å²) in [6.45, 7) is 2.59. The Morgan fingerprint density at radius 3 is 2.57 bits per heavy atom. The summed E-state index contributed by atoms with van der Waals surface area (Å²) in [6, 6.07) is 5.60. The summed E-state index contributed by atoms with van der Waals surface area (Å²) in [7, 11) is 0. The summed E-state index contributed by atoms with van der Waals surface area (Å²) in [5.41, 5.74) is 1.11. The van der Waals surface area contributed by atoms with Crippen LogP contribution in [0.5, 0.6) is 0 Å². The number of likely N-dealkylation sites (tertiary alicyclic amines) is 1. The third-order valence-electron chi connectivity index (χ3n) is 3.87. The van der Waals surface area contributed by atoms with Gasteiger partial charge in [0.25, 0.3) is 0 Å². The molecule has 0 saturated carbocycles. The monoisotopic (exact) mass is 351 g/mol. The van der Waals surface area contributed by atoms with Gasteiger partial charge in [-0.05, 0) is 62.0 Å². The number of nitrogens with zero attached hydrogens (tertiary/aromatic N) is 1. The van der Waals surface area contributed by atoms with Crippen molar-refractivity contribution in [2.45, 2.75) is 25.7 Å². The number of hydrogen-bond donors (Lipinski definition) is 1. The van der Waals surface area contributed by atoms with Gasteiger partial charge in [0.15, 0.2) is 0 Å². The average molecular weight is 353 g/mol. The van der Waals surface area contributed by atoms with Crippen molar-refractivity contribution in [2.75, 3.05) is 19.6 Å². The fraction of sp³-hybridized carbons (Fsp3) is 0.533. The predicted octanol–water partition coefficient (Wildman–Crippen LogP) is 4.14. The molecule has 0 unspecified atom stereocenters. The van der Waals surface area contributed by atoms with Gasteiger partial charge in [-0.1, -0.05) is 23.2 Å². The van der Waals surface area contributed by atoms with Crippen LogP contribution in [-0.4, -0.2) is 35.6 Å². The normalized spacial score (nSPS) is 16.5. The number of hydrogen-bond acceptors (Lipinski definition) is 2. The Labute approximate surface area is 141 Å². The minimum absolute atomic E-state index is 0. The van der Waals surface area contributed by atoms with Gasteiger partial charge in [0.05, 0.1) is 6.42 Å². The molecule has 118 valence electrons. The van der Waals surface area contributed by atoms with Gasteiger partial charge < -0.3 is 10.0 Å². The maximum atomic E-state index is 10.6. The Bertz CT molecular complexity index is 474. The molecule has 1 fully saturated rings. The molecule has 1 aliphatic heterocycles. The smallest absolute Gasteiger partial charge is 0.304 e. The Hall–Kier alpha value is -0.480. The first-order valence-corrected chi connectivity index (χ1v) is 7.68. The third kappa shape index (κ3) is 6.03. The first-order chi connectivity index (χ1) is 9.54. The molecule has 6 heteroatoms. The summed E-state index contributed by atoms with van der Waals surface area (Å²) in [6.07, 6.45) is 3.35. The first kappa shape index (κ1) is 18.6. The van der Waals surface area contributed by atoms with E-state index in [9.17, 15) is 4.79 Å². The van der Waals surface area contributed by atoms with Gasteiger partial charge in [0, 0.05) is 16.6 Å². The maximum Gasteiger partial charge on any atom is 0.304 e. The van der Waals surface area contributed by atoms with E-state index >= 15 is 0 Å².